The molecule has 1 atom stereocenters. The lowest BCUT2D eigenvalue weighted by Gasteiger charge is -2.25. The first kappa shape index (κ1) is 27.7. The molecule has 1 amide bonds. The van der Waals surface area contributed by atoms with E-state index in [-0.39, 0.29) is 29.4 Å². The summed E-state index contributed by atoms with van der Waals surface area (Å²) in [7, 11) is 1.56. The molecule has 2 N–H and O–H groups in total. The number of phenolic OH excluding ortho intramolecular Hbond substituents is 1. The van der Waals surface area contributed by atoms with E-state index in [0.29, 0.717) is 43.1 Å². The number of phenols is 1. The van der Waals surface area contributed by atoms with Crippen LogP contribution in [0.2, 0.25) is 0 Å². The molecule has 39 heavy (non-hydrogen) atoms. The fraction of sp³-hybridized carbons (Fsp3) is 0.290. The normalized spacial score (nSPS) is 16.5. The van der Waals surface area contributed by atoms with Crippen LogP contribution in [0, 0.1) is 6.92 Å². The van der Waals surface area contributed by atoms with E-state index in [1.54, 1.807) is 50.4 Å². The summed E-state index contributed by atoms with van der Waals surface area (Å²) in [5, 5.41) is 21.5. The summed E-state index contributed by atoms with van der Waals surface area (Å²) < 4.78 is 16.6. The number of carbonyl (C=O) groups is 2. The minimum absolute atomic E-state index is 0.0286. The lowest BCUT2D eigenvalue weighted by molar-refractivity contribution is -0.140. The zero-order valence-corrected chi connectivity index (χ0v) is 22.3. The van der Waals surface area contributed by atoms with Crippen molar-refractivity contribution in [3.63, 3.8) is 0 Å². The highest BCUT2D eigenvalue weighted by molar-refractivity contribution is 6.46. The molecule has 1 fully saturated rings. The lowest BCUT2D eigenvalue weighted by Crippen LogP contribution is -2.31. The summed E-state index contributed by atoms with van der Waals surface area (Å²) in [6, 6.07) is 18.5. The quantitative estimate of drug-likeness (QED) is 0.153. The largest absolute Gasteiger partial charge is 0.507 e. The molecule has 1 aliphatic heterocycles. The summed E-state index contributed by atoms with van der Waals surface area (Å²) in [6.45, 7) is 5.18. The molecule has 0 bridgehead atoms. The molecule has 8 heteroatoms. The van der Waals surface area contributed by atoms with Crippen molar-refractivity contribution in [2.75, 3.05) is 26.9 Å². The van der Waals surface area contributed by atoms with Gasteiger partial charge < -0.3 is 29.3 Å². The van der Waals surface area contributed by atoms with Crippen LogP contribution in [0.4, 0.5) is 0 Å². The van der Waals surface area contributed by atoms with Gasteiger partial charge in [0.1, 0.15) is 18.1 Å². The van der Waals surface area contributed by atoms with Gasteiger partial charge in [-0.05, 0) is 73.4 Å². The van der Waals surface area contributed by atoms with Crippen LogP contribution in [0.3, 0.4) is 0 Å². The number of rotatable bonds is 11. The van der Waals surface area contributed by atoms with Crippen LogP contribution < -0.4 is 9.47 Å². The van der Waals surface area contributed by atoms with Crippen molar-refractivity contribution in [3.05, 3.63) is 94.6 Å². The number of aromatic hydroxyl groups is 1. The van der Waals surface area contributed by atoms with Crippen LogP contribution in [0.15, 0.2) is 72.3 Å². The number of hydrogen-bond acceptors (Lipinski definition) is 7. The van der Waals surface area contributed by atoms with Crippen LogP contribution in [0.1, 0.15) is 41.6 Å². The molecular weight excluding hydrogens is 498 g/mol. The molecular formula is C31H33NO7. The molecule has 8 nitrogen and oxygen atoms in total. The van der Waals surface area contributed by atoms with E-state index >= 15 is 0 Å². The van der Waals surface area contributed by atoms with Crippen LogP contribution >= 0.6 is 0 Å². The predicted molar refractivity (Wildman–Crippen MR) is 147 cm³/mol. The van der Waals surface area contributed by atoms with Crippen molar-refractivity contribution < 1.29 is 34.0 Å². The number of nitrogens with zero attached hydrogens (tertiary/aromatic N) is 1. The number of aryl methyl sites for hydroxylation is 1. The zero-order chi connectivity index (χ0) is 27.9. The Morgan fingerprint density at radius 2 is 1.74 bits per heavy atom. The Bertz CT molecular complexity index is 1360. The third-order valence-corrected chi connectivity index (χ3v) is 6.67. The highest BCUT2D eigenvalue weighted by Crippen LogP contribution is 2.42. The highest BCUT2D eigenvalue weighted by Gasteiger charge is 2.46. The molecule has 0 saturated carbocycles. The average Bonchev–Trinajstić information content (AvgIpc) is 3.19. The minimum Gasteiger partial charge on any atom is -0.507 e. The maximum absolute atomic E-state index is 13.2. The van der Waals surface area contributed by atoms with Gasteiger partial charge in [-0.25, -0.2) is 0 Å². The number of methoxy groups -OCH3 is 1. The Hall–Kier alpha value is -4.30. The molecule has 1 unspecified atom stereocenters. The van der Waals surface area contributed by atoms with Gasteiger partial charge in [0.25, 0.3) is 11.7 Å². The van der Waals surface area contributed by atoms with Crippen molar-refractivity contribution in [3.8, 4) is 17.2 Å². The number of carbonyl (C=O) groups excluding carboxylic acids is 2. The molecule has 0 aliphatic carbocycles. The number of ketones is 1. The van der Waals surface area contributed by atoms with Crippen LogP contribution in [0.25, 0.3) is 5.76 Å². The van der Waals surface area contributed by atoms with E-state index in [9.17, 15) is 19.8 Å². The van der Waals surface area contributed by atoms with Gasteiger partial charge in [-0.2, -0.15) is 0 Å². The number of ether oxygens (including phenoxy) is 3. The minimum atomic E-state index is -0.862. The first-order chi connectivity index (χ1) is 18.8. The van der Waals surface area contributed by atoms with Gasteiger partial charge in [0.2, 0.25) is 0 Å². The molecule has 3 aromatic carbocycles. The Kier molecular flexibility index (Phi) is 8.88. The van der Waals surface area contributed by atoms with Gasteiger partial charge in [0.05, 0.1) is 18.2 Å². The summed E-state index contributed by atoms with van der Waals surface area (Å²) in [4.78, 5) is 27.8. The molecule has 0 spiro atoms. The fourth-order valence-corrected chi connectivity index (χ4v) is 4.61. The van der Waals surface area contributed by atoms with E-state index in [2.05, 4.69) is 0 Å². The zero-order valence-electron chi connectivity index (χ0n) is 22.3. The Morgan fingerprint density at radius 1 is 1.00 bits per heavy atom. The van der Waals surface area contributed by atoms with E-state index in [1.165, 1.54) is 11.0 Å². The summed E-state index contributed by atoms with van der Waals surface area (Å²) in [5.41, 5.74) is 3.08. The second kappa shape index (κ2) is 12.5. The SMILES string of the molecule is CCOc1cc(C2/C(=C(\O)c3ccc(OCc4ccccc4C)cc3)C(=O)C(=O)N2CCCOC)ccc1O. The smallest absolute Gasteiger partial charge is 0.295 e. The Balaban J connectivity index is 1.68. The average molecular weight is 532 g/mol. The van der Waals surface area contributed by atoms with Crippen molar-refractivity contribution in [1.29, 1.82) is 0 Å². The number of hydrogen-bond donors (Lipinski definition) is 2. The molecule has 4 rings (SSSR count). The Morgan fingerprint density at radius 3 is 2.44 bits per heavy atom. The molecule has 204 valence electrons. The van der Waals surface area contributed by atoms with E-state index in [0.717, 1.165) is 11.1 Å². The van der Waals surface area contributed by atoms with Crippen LogP contribution in [0.5, 0.6) is 17.2 Å². The topological polar surface area (TPSA) is 106 Å². The second-order valence-electron chi connectivity index (χ2n) is 9.24. The number of aliphatic hydroxyl groups excluding tert-OH is 1. The number of benzene rings is 3. The van der Waals surface area contributed by atoms with E-state index < -0.39 is 17.7 Å². The monoisotopic (exact) mass is 531 g/mol. The summed E-state index contributed by atoms with van der Waals surface area (Å²) >= 11 is 0. The van der Waals surface area contributed by atoms with Crippen molar-refractivity contribution >= 4 is 17.4 Å². The molecule has 0 aromatic heterocycles. The van der Waals surface area contributed by atoms with Gasteiger partial charge in [-0.1, -0.05) is 30.3 Å². The van der Waals surface area contributed by atoms with Gasteiger partial charge in [-0.3, -0.25) is 9.59 Å². The maximum Gasteiger partial charge on any atom is 0.295 e. The van der Waals surface area contributed by atoms with E-state index in [1.807, 2.05) is 31.2 Å². The summed E-state index contributed by atoms with van der Waals surface area (Å²) in [6.07, 6.45) is 0.503. The molecule has 1 heterocycles. The maximum atomic E-state index is 13.2. The first-order valence-corrected chi connectivity index (χ1v) is 12.9. The number of Topliss-reactive ketones (excluding diaryl/α,β-unsaturated/α-hetero) is 1. The standard InChI is InChI=1S/C31H33NO7/c1-4-38-26-18-22(12-15-25(26)33)28-27(30(35)31(36)32(28)16-7-17-37-3)29(34)21-10-13-24(14-11-21)39-19-23-9-6-5-8-20(23)2/h5-6,8-15,18,28,33-34H,4,7,16-17,19H2,1-3H3/b29-27+. The summed E-state index contributed by atoms with van der Waals surface area (Å²) in [5.74, 6) is -0.996. The third-order valence-electron chi connectivity index (χ3n) is 6.67. The molecule has 0 radical (unpaired) electrons. The van der Waals surface area contributed by atoms with Crippen LogP contribution in [-0.2, 0) is 20.9 Å². The first-order valence-electron chi connectivity index (χ1n) is 12.9. The predicted octanol–water partition coefficient (Wildman–Crippen LogP) is 5.14. The van der Waals surface area contributed by atoms with Gasteiger partial charge in [0.15, 0.2) is 11.5 Å². The second-order valence-corrected chi connectivity index (χ2v) is 9.24. The molecule has 1 saturated heterocycles. The van der Waals surface area contributed by atoms with Crippen LogP contribution in [-0.4, -0.2) is 53.7 Å². The van der Waals surface area contributed by atoms with E-state index in [4.69, 9.17) is 14.2 Å². The fourth-order valence-electron chi connectivity index (χ4n) is 4.61. The number of aliphatic hydroxyl groups is 1. The number of amides is 1. The molecule has 3 aromatic rings. The highest BCUT2D eigenvalue weighted by atomic mass is 16.5. The third kappa shape index (κ3) is 6.07. The molecule has 1 aliphatic rings. The van der Waals surface area contributed by atoms with Gasteiger partial charge in [0, 0.05) is 25.8 Å². The van der Waals surface area contributed by atoms with Gasteiger partial charge in [-0.15, -0.1) is 0 Å². The Labute approximate surface area is 228 Å². The number of likely N-dealkylation sites (tertiary alicyclic amines) is 1. The lowest BCUT2D eigenvalue weighted by atomic mass is 9.95. The van der Waals surface area contributed by atoms with Crippen molar-refractivity contribution in [2.24, 2.45) is 0 Å². The van der Waals surface area contributed by atoms with Gasteiger partial charge >= 0.3 is 0 Å². The van der Waals surface area contributed by atoms with Crippen molar-refractivity contribution in [1.82, 2.24) is 4.90 Å². The van der Waals surface area contributed by atoms with Crippen molar-refractivity contribution in [2.45, 2.75) is 32.9 Å².